The molecule has 0 radical (unpaired) electrons. The van der Waals surface area contributed by atoms with Crippen molar-refractivity contribution in [3.05, 3.63) is 36.0 Å². The molecule has 0 aliphatic carbocycles. The van der Waals surface area contributed by atoms with Crippen LogP contribution < -0.4 is 0 Å². The van der Waals surface area contributed by atoms with Crippen molar-refractivity contribution in [2.45, 2.75) is 64.4 Å². The second-order valence-electron chi connectivity index (χ2n) is 10.1. The molecule has 6 heteroatoms. The van der Waals surface area contributed by atoms with E-state index >= 15 is 0 Å². The number of H-pyrrole nitrogens is 1. The molecule has 2 aliphatic rings. The van der Waals surface area contributed by atoms with E-state index in [0.29, 0.717) is 31.3 Å². The molecule has 2 amide bonds. The minimum Gasteiger partial charge on any atom is -0.444 e. The van der Waals surface area contributed by atoms with E-state index in [1.54, 1.807) is 4.90 Å². The highest BCUT2D eigenvalue weighted by Crippen LogP contribution is 2.31. The lowest BCUT2D eigenvalue weighted by molar-refractivity contribution is -0.133. The number of piperidine rings is 2. The molecule has 168 valence electrons. The number of rotatable bonds is 3. The Kier molecular flexibility index (Phi) is 6.26. The number of fused-ring (bicyclic) bond motifs is 1. The van der Waals surface area contributed by atoms with Gasteiger partial charge in [-0.05, 0) is 69.9 Å². The normalized spacial score (nSPS) is 19.1. The average molecular weight is 426 g/mol. The molecule has 6 nitrogen and oxygen atoms in total. The van der Waals surface area contributed by atoms with Crippen molar-refractivity contribution in [3.8, 4) is 0 Å². The number of carbonyl (C=O) groups excluding carboxylic acids is 2. The zero-order valence-corrected chi connectivity index (χ0v) is 19.0. The first-order chi connectivity index (χ1) is 14.8. The van der Waals surface area contributed by atoms with Gasteiger partial charge in [-0.3, -0.25) is 4.79 Å². The van der Waals surface area contributed by atoms with Crippen LogP contribution in [0.4, 0.5) is 4.79 Å². The molecule has 0 atom stereocenters. The van der Waals surface area contributed by atoms with Crippen LogP contribution in [-0.2, 0) is 9.53 Å². The molecule has 4 rings (SSSR count). The van der Waals surface area contributed by atoms with Gasteiger partial charge < -0.3 is 19.5 Å². The van der Waals surface area contributed by atoms with Gasteiger partial charge in [0, 0.05) is 49.7 Å². The fourth-order valence-electron chi connectivity index (χ4n) is 4.78. The second kappa shape index (κ2) is 8.93. The summed E-state index contributed by atoms with van der Waals surface area (Å²) in [7, 11) is 0. The van der Waals surface area contributed by atoms with Crippen molar-refractivity contribution < 1.29 is 14.3 Å². The molecular formula is C25H35N3O3. The summed E-state index contributed by atoms with van der Waals surface area (Å²) >= 11 is 0. The third-order valence-corrected chi connectivity index (χ3v) is 6.57. The Morgan fingerprint density at radius 1 is 1.00 bits per heavy atom. The van der Waals surface area contributed by atoms with E-state index in [4.69, 9.17) is 4.74 Å². The maximum Gasteiger partial charge on any atom is 0.410 e. The van der Waals surface area contributed by atoms with Gasteiger partial charge in [-0.25, -0.2) is 4.79 Å². The number of aromatic amines is 1. The van der Waals surface area contributed by atoms with E-state index in [1.807, 2.05) is 25.7 Å². The fourth-order valence-corrected chi connectivity index (χ4v) is 4.78. The SMILES string of the molecule is CC(C)(C)OC(=O)N1CCC(CC(=O)N2CCC(c3cc4ccccc4[nH]3)CC2)CC1. The molecular weight excluding hydrogens is 390 g/mol. The molecule has 2 aliphatic heterocycles. The van der Waals surface area contributed by atoms with E-state index in [1.165, 1.54) is 16.6 Å². The Labute approximate surface area is 184 Å². The number of aromatic nitrogens is 1. The van der Waals surface area contributed by atoms with Crippen LogP contribution in [-0.4, -0.2) is 58.6 Å². The molecule has 1 N–H and O–H groups in total. The van der Waals surface area contributed by atoms with Crippen molar-refractivity contribution in [1.29, 1.82) is 0 Å². The average Bonchev–Trinajstić information content (AvgIpc) is 3.17. The summed E-state index contributed by atoms with van der Waals surface area (Å²) in [6.07, 6.45) is 4.12. The van der Waals surface area contributed by atoms with E-state index in [-0.39, 0.29) is 12.0 Å². The highest BCUT2D eigenvalue weighted by atomic mass is 16.6. The van der Waals surface area contributed by atoms with Crippen LogP contribution in [0.25, 0.3) is 10.9 Å². The van der Waals surface area contributed by atoms with Gasteiger partial charge >= 0.3 is 6.09 Å². The number of nitrogens with zero attached hydrogens (tertiary/aromatic N) is 2. The van der Waals surface area contributed by atoms with E-state index in [9.17, 15) is 9.59 Å². The Morgan fingerprint density at radius 2 is 1.65 bits per heavy atom. The van der Waals surface area contributed by atoms with Crippen LogP contribution >= 0.6 is 0 Å². The Morgan fingerprint density at radius 3 is 2.29 bits per heavy atom. The summed E-state index contributed by atoms with van der Waals surface area (Å²) in [4.78, 5) is 32.5. The molecule has 0 saturated carbocycles. The predicted octanol–water partition coefficient (Wildman–Crippen LogP) is 4.91. The summed E-state index contributed by atoms with van der Waals surface area (Å²) < 4.78 is 5.46. The Balaban J connectivity index is 1.22. The monoisotopic (exact) mass is 425 g/mol. The molecule has 1 aromatic heterocycles. The van der Waals surface area contributed by atoms with Gasteiger partial charge in [0.2, 0.25) is 5.91 Å². The fraction of sp³-hybridized carbons (Fsp3) is 0.600. The molecule has 0 unspecified atom stereocenters. The van der Waals surface area contributed by atoms with Gasteiger partial charge in [-0.2, -0.15) is 0 Å². The number of para-hydroxylation sites is 1. The smallest absolute Gasteiger partial charge is 0.410 e. The highest BCUT2D eigenvalue weighted by Gasteiger charge is 2.30. The van der Waals surface area contributed by atoms with Gasteiger partial charge in [-0.15, -0.1) is 0 Å². The lowest BCUT2D eigenvalue weighted by atomic mass is 9.91. The standard InChI is InChI=1S/C25H35N3O3/c1-25(2,3)31-24(30)28-12-8-18(9-13-28)16-23(29)27-14-10-19(11-15-27)22-17-20-6-4-5-7-21(20)26-22/h4-7,17-19,26H,8-16H2,1-3H3. The lowest BCUT2D eigenvalue weighted by Gasteiger charge is -2.35. The van der Waals surface area contributed by atoms with Crippen molar-refractivity contribution in [1.82, 2.24) is 14.8 Å². The van der Waals surface area contributed by atoms with Crippen molar-refractivity contribution in [3.63, 3.8) is 0 Å². The van der Waals surface area contributed by atoms with Crippen molar-refractivity contribution >= 4 is 22.9 Å². The Bertz CT molecular complexity index is 880. The first-order valence-corrected chi connectivity index (χ1v) is 11.6. The summed E-state index contributed by atoms with van der Waals surface area (Å²) in [6.45, 7) is 8.67. The first-order valence-electron chi connectivity index (χ1n) is 11.6. The van der Waals surface area contributed by atoms with E-state index in [0.717, 1.165) is 38.8 Å². The minimum atomic E-state index is -0.469. The van der Waals surface area contributed by atoms with Crippen LogP contribution in [0.5, 0.6) is 0 Å². The number of nitrogens with one attached hydrogen (secondary N) is 1. The summed E-state index contributed by atoms with van der Waals surface area (Å²) in [6, 6.07) is 10.6. The largest absolute Gasteiger partial charge is 0.444 e. The highest BCUT2D eigenvalue weighted by molar-refractivity contribution is 5.80. The molecule has 0 spiro atoms. The van der Waals surface area contributed by atoms with E-state index in [2.05, 4.69) is 35.3 Å². The number of hydrogen-bond donors (Lipinski definition) is 1. The third-order valence-electron chi connectivity index (χ3n) is 6.57. The van der Waals surface area contributed by atoms with Gasteiger partial charge in [0.1, 0.15) is 5.60 Å². The molecule has 3 heterocycles. The zero-order valence-electron chi connectivity index (χ0n) is 19.0. The molecule has 1 aromatic carbocycles. The van der Waals surface area contributed by atoms with Gasteiger partial charge in [0.15, 0.2) is 0 Å². The number of likely N-dealkylation sites (tertiary alicyclic amines) is 2. The van der Waals surface area contributed by atoms with Crippen molar-refractivity contribution in [2.24, 2.45) is 5.92 Å². The summed E-state index contributed by atoms with van der Waals surface area (Å²) in [5, 5.41) is 1.26. The maximum atomic E-state index is 12.9. The van der Waals surface area contributed by atoms with Crippen LogP contribution in [0, 0.1) is 5.92 Å². The molecule has 2 aromatic rings. The van der Waals surface area contributed by atoms with Gasteiger partial charge in [-0.1, -0.05) is 18.2 Å². The molecule has 31 heavy (non-hydrogen) atoms. The van der Waals surface area contributed by atoms with Gasteiger partial charge in [0.25, 0.3) is 0 Å². The van der Waals surface area contributed by atoms with Crippen LogP contribution in [0.1, 0.15) is 64.5 Å². The second-order valence-corrected chi connectivity index (χ2v) is 10.1. The van der Waals surface area contributed by atoms with E-state index < -0.39 is 5.60 Å². The number of ether oxygens (including phenoxy) is 1. The predicted molar refractivity (Wildman–Crippen MR) is 122 cm³/mol. The summed E-state index contributed by atoms with van der Waals surface area (Å²) in [5.74, 6) is 1.12. The number of amides is 2. The number of hydrogen-bond acceptors (Lipinski definition) is 3. The molecule has 0 bridgehead atoms. The maximum absolute atomic E-state index is 12.9. The van der Waals surface area contributed by atoms with Crippen LogP contribution in [0.15, 0.2) is 30.3 Å². The van der Waals surface area contributed by atoms with Crippen LogP contribution in [0.3, 0.4) is 0 Å². The minimum absolute atomic E-state index is 0.240. The number of benzene rings is 1. The Hall–Kier alpha value is -2.50. The zero-order chi connectivity index (χ0) is 22.0. The number of carbonyl (C=O) groups is 2. The molecule has 2 fully saturated rings. The topological polar surface area (TPSA) is 65.6 Å². The summed E-state index contributed by atoms with van der Waals surface area (Å²) in [5.41, 5.74) is 2.01. The lowest BCUT2D eigenvalue weighted by Crippen LogP contribution is -2.43. The quantitative estimate of drug-likeness (QED) is 0.760. The van der Waals surface area contributed by atoms with Gasteiger partial charge in [0.05, 0.1) is 0 Å². The van der Waals surface area contributed by atoms with Crippen molar-refractivity contribution in [2.75, 3.05) is 26.2 Å². The first kappa shape index (κ1) is 21.7. The molecule has 2 saturated heterocycles. The third kappa shape index (κ3) is 5.41. The van der Waals surface area contributed by atoms with Crippen LogP contribution in [0.2, 0.25) is 0 Å².